The number of nitrogens with two attached hydrogens (primary N) is 1. The predicted molar refractivity (Wildman–Crippen MR) is 85.3 cm³/mol. The van der Waals surface area contributed by atoms with Crippen molar-refractivity contribution in [2.24, 2.45) is 5.73 Å². The molecule has 2 N–H and O–H groups in total. The van der Waals surface area contributed by atoms with Crippen LogP contribution in [0.4, 0.5) is 26.3 Å². The highest BCUT2D eigenvalue weighted by Gasteiger charge is 2.38. The molecule has 0 aliphatic carbocycles. The van der Waals surface area contributed by atoms with E-state index in [0.717, 1.165) is 17.1 Å². The van der Waals surface area contributed by atoms with Crippen LogP contribution in [0, 0.1) is 0 Å². The fourth-order valence-electron chi connectivity index (χ4n) is 2.52. The van der Waals surface area contributed by atoms with Crippen molar-refractivity contribution in [1.29, 1.82) is 0 Å². The quantitative estimate of drug-likeness (QED) is 0.674. The average Bonchev–Trinajstić information content (AvgIpc) is 3.10. The second kappa shape index (κ2) is 6.66. The molecule has 0 saturated carbocycles. The molecule has 0 bridgehead atoms. The smallest absolute Gasteiger partial charge is 0.363 e. The Kier molecular flexibility index (Phi) is 4.61. The minimum atomic E-state index is -5.00. The summed E-state index contributed by atoms with van der Waals surface area (Å²) >= 11 is 0. The van der Waals surface area contributed by atoms with Gasteiger partial charge < -0.3 is 5.73 Å². The first-order valence-corrected chi connectivity index (χ1v) is 7.57. The van der Waals surface area contributed by atoms with Crippen LogP contribution in [0.25, 0.3) is 16.8 Å². The van der Waals surface area contributed by atoms with Gasteiger partial charge in [-0.25, -0.2) is 9.67 Å². The lowest BCUT2D eigenvalue weighted by Gasteiger charge is -2.16. The molecule has 0 radical (unpaired) electrons. The van der Waals surface area contributed by atoms with Crippen molar-refractivity contribution in [2.45, 2.75) is 12.4 Å². The third-order valence-corrected chi connectivity index (χ3v) is 3.79. The Morgan fingerprint density at radius 2 is 1.68 bits per heavy atom. The average molecular weight is 400 g/mol. The van der Waals surface area contributed by atoms with Crippen LogP contribution < -0.4 is 5.73 Å². The van der Waals surface area contributed by atoms with Crippen LogP contribution in [0.15, 0.2) is 48.8 Å². The number of carbonyl (C=O) groups excluding carboxylic acids is 1. The molecule has 0 aliphatic rings. The number of alkyl halides is 6. The van der Waals surface area contributed by atoms with Crippen molar-refractivity contribution in [1.82, 2.24) is 14.8 Å². The summed E-state index contributed by atoms with van der Waals surface area (Å²) in [6.07, 6.45) is -8.78. The number of hydrogen-bond acceptors (Lipinski definition) is 3. The van der Waals surface area contributed by atoms with E-state index in [1.807, 2.05) is 0 Å². The maximum Gasteiger partial charge on any atom is 0.417 e. The summed E-state index contributed by atoms with van der Waals surface area (Å²) in [5.74, 6) is -1.19. The number of primary amides is 1. The summed E-state index contributed by atoms with van der Waals surface area (Å²) in [5, 5.41) is 3.79. The minimum absolute atomic E-state index is 0.00896. The highest BCUT2D eigenvalue weighted by molar-refractivity contribution is 5.88. The molecule has 0 unspecified atom stereocenters. The zero-order valence-electron chi connectivity index (χ0n) is 13.7. The molecule has 0 spiro atoms. The number of carbonyl (C=O) groups is 1. The summed E-state index contributed by atoms with van der Waals surface area (Å²) in [7, 11) is 0. The van der Waals surface area contributed by atoms with Gasteiger partial charge in [-0.1, -0.05) is 18.2 Å². The van der Waals surface area contributed by atoms with Gasteiger partial charge in [0.2, 0.25) is 5.82 Å². The molecular weight excluding hydrogens is 390 g/mol. The van der Waals surface area contributed by atoms with Gasteiger partial charge in [0.15, 0.2) is 0 Å². The van der Waals surface area contributed by atoms with E-state index in [4.69, 9.17) is 5.73 Å². The Morgan fingerprint density at radius 3 is 2.25 bits per heavy atom. The predicted octanol–water partition coefficient (Wildman–Crippen LogP) is 4.07. The number of benzene rings is 2. The molecule has 0 saturated heterocycles. The largest absolute Gasteiger partial charge is 0.417 e. The van der Waals surface area contributed by atoms with Crippen molar-refractivity contribution in [3.05, 3.63) is 65.7 Å². The second-order valence-electron chi connectivity index (χ2n) is 5.68. The molecule has 0 atom stereocenters. The molecule has 2 aromatic carbocycles. The maximum absolute atomic E-state index is 13.4. The van der Waals surface area contributed by atoms with Crippen molar-refractivity contribution >= 4 is 5.91 Å². The van der Waals surface area contributed by atoms with Gasteiger partial charge in [-0.2, -0.15) is 26.3 Å². The lowest BCUT2D eigenvalue weighted by atomic mass is 9.96. The molecule has 3 rings (SSSR count). The Hall–Kier alpha value is -3.37. The molecule has 146 valence electrons. The first-order chi connectivity index (χ1) is 13.0. The lowest BCUT2D eigenvalue weighted by molar-refractivity contribution is -0.142. The highest BCUT2D eigenvalue weighted by atomic mass is 19.4. The van der Waals surface area contributed by atoms with Gasteiger partial charge in [-0.3, -0.25) is 4.79 Å². The molecular formula is C17H10F6N4O. The van der Waals surface area contributed by atoms with Gasteiger partial charge in [0.1, 0.15) is 6.33 Å². The fraction of sp³-hybridized carbons (Fsp3) is 0.118. The number of amides is 1. The zero-order valence-corrected chi connectivity index (χ0v) is 13.7. The Balaban J connectivity index is 2.12. The molecule has 1 heterocycles. The number of nitrogens with zero attached hydrogens (tertiary/aromatic N) is 3. The van der Waals surface area contributed by atoms with E-state index >= 15 is 0 Å². The summed E-state index contributed by atoms with van der Waals surface area (Å²) in [6.45, 7) is 0. The molecule has 1 amide bonds. The number of halogens is 6. The van der Waals surface area contributed by atoms with Crippen LogP contribution in [0.5, 0.6) is 0 Å². The van der Waals surface area contributed by atoms with Crippen LogP contribution in [-0.2, 0) is 12.4 Å². The standard InChI is InChI=1S/C17H10F6N4O/c18-16(19,20)10-4-5-12(13(7-10)17(21,22)23)9-2-1-3-11(6-9)27-8-25-15(26-27)14(24)28/h1-8H,(H2,24,28). The molecule has 0 fully saturated rings. The second-order valence-corrected chi connectivity index (χ2v) is 5.68. The third kappa shape index (κ3) is 3.82. The van der Waals surface area contributed by atoms with Crippen LogP contribution in [-0.4, -0.2) is 20.7 Å². The normalized spacial score (nSPS) is 12.2. The summed E-state index contributed by atoms with van der Waals surface area (Å²) in [5.41, 5.74) is 2.05. The third-order valence-electron chi connectivity index (χ3n) is 3.79. The van der Waals surface area contributed by atoms with Gasteiger partial charge >= 0.3 is 12.4 Å². The van der Waals surface area contributed by atoms with Crippen LogP contribution in [0.3, 0.4) is 0 Å². The molecule has 0 aliphatic heterocycles. The van der Waals surface area contributed by atoms with Crippen LogP contribution in [0.1, 0.15) is 21.7 Å². The maximum atomic E-state index is 13.4. The van der Waals surface area contributed by atoms with E-state index in [2.05, 4.69) is 10.1 Å². The van der Waals surface area contributed by atoms with Gasteiger partial charge in [0, 0.05) is 0 Å². The van der Waals surface area contributed by atoms with E-state index in [-0.39, 0.29) is 23.1 Å². The van der Waals surface area contributed by atoms with Gasteiger partial charge in [0.25, 0.3) is 5.91 Å². The first-order valence-electron chi connectivity index (χ1n) is 7.57. The van der Waals surface area contributed by atoms with Crippen LogP contribution in [0.2, 0.25) is 0 Å². The summed E-state index contributed by atoms with van der Waals surface area (Å²) in [4.78, 5) is 14.7. The molecule has 1 aromatic heterocycles. The monoisotopic (exact) mass is 400 g/mol. The highest BCUT2D eigenvalue weighted by Crippen LogP contribution is 2.41. The summed E-state index contributed by atoms with van der Waals surface area (Å²) < 4.78 is 79.7. The first kappa shape index (κ1) is 19.4. The SMILES string of the molecule is NC(=O)c1ncn(-c2cccc(-c3ccc(C(F)(F)F)cc3C(F)(F)F)c2)n1. The number of hydrogen-bond donors (Lipinski definition) is 1. The Bertz CT molecular complexity index is 1040. The van der Waals surface area contributed by atoms with Crippen molar-refractivity contribution < 1.29 is 31.1 Å². The zero-order chi connectivity index (χ0) is 20.7. The molecule has 3 aromatic rings. The fourth-order valence-corrected chi connectivity index (χ4v) is 2.52. The lowest BCUT2D eigenvalue weighted by Crippen LogP contribution is -2.13. The Morgan fingerprint density at radius 1 is 0.964 bits per heavy atom. The summed E-state index contributed by atoms with van der Waals surface area (Å²) in [6, 6.07) is 6.88. The van der Waals surface area contributed by atoms with E-state index in [9.17, 15) is 31.1 Å². The van der Waals surface area contributed by atoms with Crippen molar-refractivity contribution in [3.63, 3.8) is 0 Å². The Labute approximate surface area is 153 Å². The van der Waals surface area contributed by atoms with E-state index in [1.165, 1.54) is 24.3 Å². The van der Waals surface area contributed by atoms with E-state index < -0.39 is 35.0 Å². The van der Waals surface area contributed by atoms with Crippen LogP contribution >= 0.6 is 0 Å². The van der Waals surface area contributed by atoms with Crippen molar-refractivity contribution in [3.8, 4) is 16.8 Å². The molecule has 11 heteroatoms. The topological polar surface area (TPSA) is 73.8 Å². The van der Waals surface area contributed by atoms with Gasteiger partial charge in [-0.15, -0.1) is 5.10 Å². The molecule has 5 nitrogen and oxygen atoms in total. The van der Waals surface area contributed by atoms with Crippen molar-refractivity contribution in [2.75, 3.05) is 0 Å². The van der Waals surface area contributed by atoms with Gasteiger partial charge in [-0.05, 0) is 35.4 Å². The van der Waals surface area contributed by atoms with E-state index in [1.54, 1.807) is 0 Å². The van der Waals surface area contributed by atoms with E-state index in [0.29, 0.717) is 6.07 Å². The number of rotatable bonds is 3. The molecule has 28 heavy (non-hydrogen) atoms. The minimum Gasteiger partial charge on any atom is -0.363 e. The number of aromatic nitrogens is 3. The van der Waals surface area contributed by atoms with Gasteiger partial charge in [0.05, 0.1) is 16.8 Å².